The van der Waals surface area contributed by atoms with Gasteiger partial charge in [-0.2, -0.15) is 0 Å². The van der Waals surface area contributed by atoms with Crippen molar-refractivity contribution in [1.82, 2.24) is 4.57 Å². The average molecular weight is 1060 g/mol. The SMILES string of the molecule is CC(C)(C)c1ccc(-c2ccc(-c3ccc(N(c4ccc(C(C)(C)C)cc4-c4cccc(-c5ccccc5)c4)c4ccc5ccc6c(-n7c8ccc(C(C)(C)C)cc8c8cc(C(C)(C)C)ccc87)ccc7ccc4c5c76)cc3)cc2)cc1. The summed E-state index contributed by atoms with van der Waals surface area (Å²) in [6.07, 6.45) is 0. The lowest BCUT2D eigenvalue weighted by Gasteiger charge is -2.31. The second-order valence-electron chi connectivity index (χ2n) is 27.1. The van der Waals surface area contributed by atoms with Gasteiger partial charge in [0.05, 0.1) is 28.1 Å². The van der Waals surface area contributed by atoms with Gasteiger partial charge in [-0.1, -0.05) is 247 Å². The molecule has 0 spiro atoms. The quantitative estimate of drug-likeness (QED) is 0.138. The molecule has 13 rings (SSSR count). The molecule has 1 aromatic heterocycles. The van der Waals surface area contributed by atoms with Gasteiger partial charge in [-0.15, -0.1) is 0 Å². The molecule has 2 heteroatoms. The lowest BCUT2D eigenvalue weighted by atomic mass is 9.84. The zero-order valence-electron chi connectivity index (χ0n) is 49.8. The van der Waals surface area contributed by atoms with Gasteiger partial charge in [0.15, 0.2) is 0 Å². The molecule has 82 heavy (non-hydrogen) atoms. The first-order valence-electron chi connectivity index (χ1n) is 29.4. The molecule has 2 nitrogen and oxygen atoms in total. The topological polar surface area (TPSA) is 8.17 Å². The van der Waals surface area contributed by atoms with E-state index in [1.54, 1.807) is 0 Å². The van der Waals surface area contributed by atoms with Crippen LogP contribution in [0, 0.1) is 0 Å². The fourth-order valence-corrected chi connectivity index (χ4v) is 12.5. The van der Waals surface area contributed by atoms with E-state index in [0.717, 1.165) is 17.1 Å². The molecule has 0 atom stereocenters. The Hall–Kier alpha value is -8.72. The Morgan fingerprint density at radius 2 is 0.695 bits per heavy atom. The van der Waals surface area contributed by atoms with Crippen LogP contribution in [0.15, 0.2) is 231 Å². The third kappa shape index (κ3) is 9.33. The van der Waals surface area contributed by atoms with Gasteiger partial charge in [-0.05, 0) is 171 Å². The summed E-state index contributed by atoms with van der Waals surface area (Å²) in [5.41, 5.74) is 21.9. The second kappa shape index (κ2) is 19.5. The number of hydrogen-bond donors (Lipinski definition) is 0. The minimum atomic E-state index is -0.0763. The van der Waals surface area contributed by atoms with Crippen LogP contribution in [0.3, 0.4) is 0 Å². The van der Waals surface area contributed by atoms with E-state index in [9.17, 15) is 0 Å². The number of rotatable bonds is 8. The van der Waals surface area contributed by atoms with Gasteiger partial charge >= 0.3 is 0 Å². The molecule has 0 bridgehead atoms. The van der Waals surface area contributed by atoms with Crippen molar-refractivity contribution in [2.24, 2.45) is 0 Å². The summed E-state index contributed by atoms with van der Waals surface area (Å²) < 4.78 is 2.54. The van der Waals surface area contributed by atoms with Crippen molar-refractivity contribution in [1.29, 1.82) is 0 Å². The molecule has 0 unspecified atom stereocenters. The molecule has 404 valence electrons. The zero-order valence-corrected chi connectivity index (χ0v) is 49.8. The lowest BCUT2D eigenvalue weighted by Crippen LogP contribution is -2.15. The molecule has 12 aromatic carbocycles. The molecular formula is C80H74N2. The van der Waals surface area contributed by atoms with Crippen LogP contribution >= 0.6 is 0 Å². The fourth-order valence-electron chi connectivity index (χ4n) is 12.5. The van der Waals surface area contributed by atoms with Crippen LogP contribution in [0.4, 0.5) is 17.1 Å². The number of hydrogen-bond acceptors (Lipinski definition) is 1. The van der Waals surface area contributed by atoms with Gasteiger partial charge in [-0.3, -0.25) is 0 Å². The maximum atomic E-state index is 2.54. The van der Waals surface area contributed by atoms with Crippen molar-refractivity contribution in [2.75, 3.05) is 4.90 Å². The molecule has 0 saturated carbocycles. The van der Waals surface area contributed by atoms with E-state index in [4.69, 9.17) is 0 Å². The van der Waals surface area contributed by atoms with E-state index in [0.29, 0.717) is 0 Å². The predicted octanol–water partition coefficient (Wildman–Crippen LogP) is 23.0. The van der Waals surface area contributed by atoms with Crippen molar-refractivity contribution >= 4 is 71.2 Å². The Kier molecular flexibility index (Phi) is 12.5. The molecule has 0 aliphatic rings. The van der Waals surface area contributed by atoms with E-state index in [-0.39, 0.29) is 21.7 Å². The molecule has 13 aromatic rings. The van der Waals surface area contributed by atoms with Gasteiger partial charge in [0, 0.05) is 32.8 Å². The first-order chi connectivity index (χ1) is 39.2. The van der Waals surface area contributed by atoms with Crippen LogP contribution in [0.25, 0.3) is 104 Å². The maximum absolute atomic E-state index is 2.54. The Balaban J connectivity index is 1.01. The number of benzene rings is 12. The monoisotopic (exact) mass is 1060 g/mol. The van der Waals surface area contributed by atoms with Crippen molar-refractivity contribution < 1.29 is 0 Å². The number of anilines is 3. The fraction of sp³-hybridized carbons (Fsp3) is 0.200. The van der Waals surface area contributed by atoms with E-state index >= 15 is 0 Å². The van der Waals surface area contributed by atoms with Crippen LogP contribution in [0.5, 0.6) is 0 Å². The summed E-state index contributed by atoms with van der Waals surface area (Å²) >= 11 is 0. The van der Waals surface area contributed by atoms with Crippen molar-refractivity contribution in [3.05, 3.63) is 253 Å². The molecule has 0 aliphatic carbocycles. The second-order valence-corrected chi connectivity index (χ2v) is 27.1. The van der Waals surface area contributed by atoms with E-state index in [2.05, 4.69) is 323 Å². The molecular weight excluding hydrogens is 989 g/mol. The summed E-state index contributed by atoms with van der Waals surface area (Å²) in [4.78, 5) is 2.53. The van der Waals surface area contributed by atoms with Crippen LogP contribution in [0.1, 0.15) is 105 Å². The van der Waals surface area contributed by atoms with Crippen molar-refractivity contribution in [3.63, 3.8) is 0 Å². The third-order valence-corrected chi connectivity index (χ3v) is 17.4. The first kappa shape index (κ1) is 52.6. The Morgan fingerprint density at radius 1 is 0.280 bits per heavy atom. The van der Waals surface area contributed by atoms with Gasteiger partial charge in [0.25, 0.3) is 0 Å². The van der Waals surface area contributed by atoms with Crippen LogP contribution in [-0.2, 0) is 21.7 Å². The largest absolute Gasteiger partial charge is 0.309 e. The van der Waals surface area contributed by atoms with E-state index in [1.807, 2.05) is 0 Å². The summed E-state index contributed by atoms with van der Waals surface area (Å²) in [6.45, 7) is 27.7. The molecule has 0 radical (unpaired) electrons. The highest BCUT2D eigenvalue weighted by Crippen LogP contribution is 2.49. The third-order valence-electron chi connectivity index (χ3n) is 17.4. The average Bonchev–Trinajstić information content (AvgIpc) is 3.83. The van der Waals surface area contributed by atoms with Crippen molar-refractivity contribution in [2.45, 2.75) is 105 Å². The molecule has 0 saturated heterocycles. The maximum Gasteiger partial charge on any atom is 0.0541 e. The first-order valence-corrected chi connectivity index (χ1v) is 29.4. The molecule has 0 N–H and O–H groups in total. The highest BCUT2D eigenvalue weighted by molar-refractivity contribution is 6.27. The smallest absolute Gasteiger partial charge is 0.0541 e. The van der Waals surface area contributed by atoms with Crippen LogP contribution in [-0.4, -0.2) is 4.57 Å². The van der Waals surface area contributed by atoms with Crippen LogP contribution < -0.4 is 4.90 Å². The van der Waals surface area contributed by atoms with E-state index in [1.165, 1.54) is 127 Å². The lowest BCUT2D eigenvalue weighted by molar-refractivity contribution is 0.590. The minimum absolute atomic E-state index is 0.0129. The summed E-state index contributed by atoms with van der Waals surface area (Å²) in [5, 5.41) is 10.1. The highest BCUT2D eigenvalue weighted by Gasteiger charge is 2.27. The molecule has 0 aliphatic heterocycles. The highest BCUT2D eigenvalue weighted by atomic mass is 15.1. The summed E-state index contributed by atoms with van der Waals surface area (Å²) in [5.74, 6) is 0. The van der Waals surface area contributed by atoms with Gasteiger partial charge in [-0.25, -0.2) is 0 Å². The number of fused-ring (bicyclic) bond motifs is 3. The molecule has 0 amide bonds. The Labute approximate surface area is 485 Å². The van der Waals surface area contributed by atoms with Crippen LogP contribution in [0.2, 0.25) is 0 Å². The van der Waals surface area contributed by atoms with Crippen molar-refractivity contribution in [3.8, 4) is 50.2 Å². The van der Waals surface area contributed by atoms with Gasteiger partial charge < -0.3 is 9.47 Å². The normalized spacial score (nSPS) is 12.6. The van der Waals surface area contributed by atoms with Gasteiger partial charge in [0.2, 0.25) is 0 Å². The van der Waals surface area contributed by atoms with E-state index < -0.39 is 0 Å². The molecule has 1 heterocycles. The molecule has 0 fully saturated rings. The summed E-state index contributed by atoms with van der Waals surface area (Å²) in [7, 11) is 0. The number of nitrogens with zero attached hydrogens (tertiary/aromatic N) is 2. The number of aromatic nitrogens is 1. The summed E-state index contributed by atoms with van der Waals surface area (Å²) in [6, 6.07) is 87.6. The van der Waals surface area contributed by atoms with Gasteiger partial charge in [0.1, 0.15) is 0 Å². The zero-order chi connectivity index (χ0) is 57.0. The Bertz CT molecular complexity index is 4470. The Morgan fingerprint density at radius 3 is 1.26 bits per heavy atom. The predicted molar refractivity (Wildman–Crippen MR) is 356 cm³/mol. The minimum Gasteiger partial charge on any atom is -0.309 e. The standard InChI is InChI=1S/C80H74N2/c1-77(2,3)60-33-25-54(26-34-60)52-21-23-53(24-22-52)55-27-38-64(39-28-55)81(72-44-35-61(78(4,5)6)48-67(72)59-20-16-19-58(47-59)51-17-14-13-15-18-51)70-42-31-56-30-41-66-71(43-32-57-29-40-65(70)75(56)76(57)66)82-73-45-36-62(79(7,8)9)49-68(73)69-50-63(80(10,11)12)37-46-74(69)82/h13-50H,1-12H3.